The topological polar surface area (TPSA) is 23.5 Å². The molecule has 0 bridgehead atoms. The van der Waals surface area contributed by atoms with Gasteiger partial charge in [-0.3, -0.25) is 0 Å². The van der Waals surface area contributed by atoms with Crippen LogP contribution >= 0.6 is 0 Å². The van der Waals surface area contributed by atoms with E-state index in [0.29, 0.717) is 0 Å². The molecule has 1 aromatic carbocycles. The number of aliphatic hydroxyl groups is 1. The standard InChI is InChI=1S/C16H23NO/c1-13(14-9-5-4-6-10-14)16(18)12-8-7-11-15(16)17(2)3/h4-6,9-10,15,18H,1,7-8,11-12H2,2-3H3. The van der Waals surface area contributed by atoms with Gasteiger partial charge in [-0.2, -0.15) is 0 Å². The minimum absolute atomic E-state index is 0.166. The maximum Gasteiger partial charge on any atom is 0.105 e. The van der Waals surface area contributed by atoms with Crippen LogP contribution in [-0.4, -0.2) is 35.7 Å². The van der Waals surface area contributed by atoms with Gasteiger partial charge in [0, 0.05) is 6.04 Å². The summed E-state index contributed by atoms with van der Waals surface area (Å²) in [5, 5.41) is 11.1. The second-order valence-corrected chi connectivity index (χ2v) is 5.49. The minimum Gasteiger partial charge on any atom is -0.384 e. The lowest BCUT2D eigenvalue weighted by Crippen LogP contribution is -2.52. The van der Waals surface area contributed by atoms with Gasteiger partial charge in [-0.1, -0.05) is 49.8 Å². The molecule has 18 heavy (non-hydrogen) atoms. The van der Waals surface area contributed by atoms with Crippen LogP contribution in [0.4, 0.5) is 0 Å². The van der Waals surface area contributed by atoms with Crippen LogP contribution in [0.25, 0.3) is 5.57 Å². The van der Waals surface area contributed by atoms with Crippen LogP contribution in [0.1, 0.15) is 31.2 Å². The highest BCUT2D eigenvalue weighted by atomic mass is 16.3. The van der Waals surface area contributed by atoms with Crippen molar-refractivity contribution in [2.45, 2.75) is 37.3 Å². The van der Waals surface area contributed by atoms with Gasteiger partial charge in [0.2, 0.25) is 0 Å². The van der Waals surface area contributed by atoms with Crippen LogP contribution in [0.3, 0.4) is 0 Å². The third-order valence-electron chi connectivity index (χ3n) is 4.10. The Hall–Kier alpha value is -1.12. The lowest BCUT2D eigenvalue weighted by molar-refractivity contribution is -0.0128. The SMILES string of the molecule is C=C(c1ccccc1)C1(O)CCCCC1N(C)C. The molecule has 0 aromatic heterocycles. The zero-order chi connectivity index (χ0) is 13.2. The normalized spacial score (nSPS) is 28.3. The van der Waals surface area contributed by atoms with Crippen LogP contribution in [0, 0.1) is 0 Å². The van der Waals surface area contributed by atoms with Crippen molar-refractivity contribution in [2.75, 3.05) is 14.1 Å². The van der Waals surface area contributed by atoms with Crippen LogP contribution in [-0.2, 0) is 0 Å². The first kappa shape index (κ1) is 13.3. The first-order valence-electron chi connectivity index (χ1n) is 6.69. The third kappa shape index (κ3) is 2.36. The molecule has 1 saturated carbocycles. The number of likely N-dealkylation sites (N-methyl/N-ethyl adjacent to an activating group) is 1. The zero-order valence-electron chi connectivity index (χ0n) is 11.4. The molecule has 1 aliphatic carbocycles. The molecule has 2 rings (SSSR count). The molecule has 2 nitrogen and oxygen atoms in total. The Morgan fingerprint density at radius 1 is 1.28 bits per heavy atom. The number of hydrogen-bond donors (Lipinski definition) is 1. The summed E-state index contributed by atoms with van der Waals surface area (Å²) in [5.74, 6) is 0. The Kier molecular flexibility index (Phi) is 3.88. The van der Waals surface area contributed by atoms with E-state index >= 15 is 0 Å². The molecule has 0 radical (unpaired) electrons. The molecule has 1 N–H and O–H groups in total. The largest absolute Gasteiger partial charge is 0.384 e. The average Bonchev–Trinajstić information content (AvgIpc) is 2.39. The Balaban J connectivity index is 2.31. The van der Waals surface area contributed by atoms with Gasteiger partial charge in [-0.05, 0) is 38.1 Å². The number of rotatable bonds is 3. The van der Waals surface area contributed by atoms with Gasteiger partial charge >= 0.3 is 0 Å². The molecule has 0 amide bonds. The second-order valence-electron chi connectivity index (χ2n) is 5.49. The highest BCUT2D eigenvalue weighted by Crippen LogP contribution is 2.40. The highest BCUT2D eigenvalue weighted by molar-refractivity contribution is 5.71. The lowest BCUT2D eigenvalue weighted by atomic mass is 9.73. The lowest BCUT2D eigenvalue weighted by Gasteiger charge is -2.44. The van der Waals surface area contributed by atoms with Crippen molar-refractivity contribution >= 4 is 5.57 Å². The van der Waals surface area contributed by atoms with E-state index in [2.05, 4.69) is 11.5 Å². The van der Waals surface area contributed by atoms with Crippen molar-refractivity contribution < 1.29 is 5.11 Å². The molecular formula is C16H23NO. The maximum atomic E-state index is 11.1. The van der Waals surface area contributed by atoms with Crippen molar-refractivity contribution in [3.05, 3.63) is 42.5 Å². The second kappa shape index (κ2) is 5.25. The van der Waals surface area contributed by atoms with Gasteiger partial charge in [0.15, 0.2) is 0 Å². The summed E-state index contributed by atoms with van der Waals surface area (Å²) in [5.41, 5.74) is 1.12. The predicted molar refractivity (Wildman–Crippen MR) is 76.4 cm³/mol. The van der Waals surface area contributed by atoms with Crippen LogP contribution in [0.2, 0.25) is 0 Å². The summed E-state index contributed by atoms with van der Waals surface area (Å²) in [4.78, 5) is 2.13. The summed E-state index contributed by atoms with van der Waals surface area (Å²) in [6.45, 7) is 4.18. The van der Waals surface area contributed by atoms with Crippen LogP contribution in [0.5, 0.6) is 0 Å². The number of nitrogens with zero attached hydrogens (tertiary/aromatic N) is 1. The van der Waals surface area contributed by atoms with Crippen LogP contribution < -0.4 is 0 Å². The van der Waals surface area contributed by atoms with Crippen LogP contribution in [0.15, 0.2) is 36.9 Å². The summed E-state index contributed by atoms with van der Waals surface area (Å²) in [7, 11) is 4.08. The predicted octanol–water partition coefficient (Wildman–Crippen LogP) is 2.94. The first-order chi connectivity index (χ1) is 8.55. The molecule has 0 saturated heterocycles. The van der Waals surface area contributed by atoms with Crippen molar-refractivity contribution in [1.29, 1.82) is 0 Å². The van der Waals surface area contributed by atoms with E-state index in [9.17, 15) is 5.11 Å². The van der Waals surface area contributed by atoms with Crippen molar-refractivity contribution in [1.82, 2.24) is 4.90 Å². The zero-order valence-corrected chi connectivity index (χ0v) is 11.4. The van der Waals surface area contributed by atoms with E-state index in [0.717, 1.165) is 30.4 Å². The van der Waals surface area contributed by atoms with Gasteiger partial charge in [0.05, 0.1) is 0 Å². The van der Waals surface area contributed by atoms with E-state index < -0.39 is 5.60 Å². The smallest absolute Gasteiger partial charge is 0.105 e. The molecule has 2 heteroatoms. The van der Waals surface area contributed by atoms with Crippen molar-refractivity contribution in [3.63, 3.8) is 0 Å². The van der Waals surface area contributed by atoms with E-state index in [1.165, 1.54) is 6.42 Å². The molecule has 1 aromatic rings. The van der Waals surface area contributed by atoms with Gasteiger partial charge in [-0.25, -0.2) is 0 Å². The Labute approximate surface area is 110 Å². The fraction of sp³-hybridized carbons (Fsp3) is 0.500. The van der Waals surface area contributed by atoms with Crippen molar-refractivity contribution in [2.24, 2.45) is 0 Å². The summed E-state index contributed by atoms with van der Waals surface area (Å²) in [6, 6.07) is 10.2. The number of benzene rings is 1. The first-order valence-corrected chi connectivity index (χ1v) is 6.69. The highest BCUT2D eigenvalue weighted by Gasteiger charge is 2.42. The Morgan fingerprint density at radius 3 is 2.56 bits per heavy atom. The Morgan fingerprint density at radius 2 is 1.94 bits per heavy atom. The average molecular weight is 245 g/mol. The van der Waals surface area contributed by atoms with E-state index in [1.807, 2.05) is 44.4 Å². The summed E-state index contributed by atoms with van der Waals surface area (Å²) >= 11 is 0. The minimum atomic E-state index is -0.789. The van der Waals surface area contributed by atoms with Gasteiger partial charge in [-0.15, -0.1) is 0 Å². The van der Waals surface area contributed by atoms with Gasteiger partial charge in [0.1, 0.15) is 5.60 Å². The molecule has 2 atom stereocenters. The molecule has 98 valence electrons. The van der Waals surface area contributed by atoms with Crippen molar-refractivity contribution in [3.8, 4) is 0 Å². The van der Waals surface area contributed by atoms with Gasteiger partial charge < -0.3 is 10.0 Å². The third-order valence-corrected chi connectivity index (χ3v) is 4.10. The molecule has 1 fully saturated rings. The molecule has 0 spiro atoms. The molecule has 0 aliphatic heterocycles. The fourth-order valence-corrected chi connectivity index (χ4v) is 3.06. The summed E-state index contributed by atoms with van der Waals surface area (Å²) in [6.07, 6.45) is 4.11. The molecule has 0 heterocycles. The van der Waals surface area contributed by atoms with E-state index in [4.69, 9.17) is 0 Å². The monoisotopic (exact) mass is 245 g/mol. The fourth-order valence-electron chi connectivity index (χ4n) is 3.06. The quantitative estimate of drug-likeness (QED) is 0.885. The Bertz CT molecular complexity index is 412. The number of hydrogen-bond acceptors (Lipinski definition) is 2. The molecular weight excluding hydrogens is 222 g/mol. The van der Waals surface area contributed by atoms with E-state index in [1.54, 1.807) is 0 Å². The maximum absolute atomic E-state index is 11.1. The summed E-state index contributed by atoms with van der Waals surface area (Å²) < 4.78 is 0. The molecule has 2 unspecified atom stereocenters. The van der Waals surface area contributed by atoms with E-state index in [-0.39, 0.29) is 6.04 Å². The molecule has 1 aliphatic rings. The van der Waals surface area contributed by atoms with Gasteiger partial charge in [0.25, 0.3) is 0 Å².